The van der Waals surface area contributed by atoms with E-state index in [1.54, 1.807) is 0 Å². The summed E-state index contributed by atoms with van der Waals surface area (Å²) in [6.45, 7) is 13.6. The Morgan fingerprint density at radius 2 is 1.74 bits per heavy atom. The summed E-state index contributed by atoms with van der Waals surface area (Å²) in [6.07, 6.45) is 4.87. The zero-order chi connectivity index (χ0) is 16.7. The van der Waals surface area contributed by atoms with Gasteiger partial charge in [0.05, 0.1) is 19.8 Å². The summed E-state index contributed by atoms with van der Waals surface area (Å²) < 4.78 is 5.52. The molecular formula is C18H36N4O. The van der Waals surface area contributed by atoms with Crippen LogP contribution in [0.4, 0.5) is 0 Å². The zero-order valence-electron chi connectivity index (χ0n) is 15.3. The van der Waals surface area contributed by atoms with Gasteiger partial charge in [-0.1, -0.05) is 33.6 Å². The molecule has 2 rings (SSSR count). The maximum absolute atomic E-state index is 6.29. The first-order chi connectivity index (χ1) is 11.2. The van der Waals surface area contributed by atoms with E-state index in [2.05, 4.69) is 30.6 Å². The molecule has 0 radical (unpaired) electrons. The summed E-state index contributed by atoms with van der Waals surface area (Å²) >= 11 is 0. The third-order valence-corrected chi connectivity index (χ3v) is 5.66. The van der Waals surface area contributed by atoms with Crippen molar-refractivity contribution in [3.63, 3.8) is 0 Å². The van der Waals surface area contributed by atoms with Gasteiger partial charge in [-0.05, 0) is 24.7 Å². The average Bonchev–Trinajstić information content (AvgIpc) is 2.59. The molecule has 2 fully saturated rings. The number of rotatable bonds is 6. The molecule has 23 heavy (non-hydrogen) atoms. The van der Waals surface area contributed by atoms with E-state index in [0.717, 1.165) is 57.8 Å². The number of nitrogens with two attached hydrogens (primary N) is 1. The van der Waals surface area contributed by atoms with Gasteiger partial charge in [-0.25, -0.2) is 0 Å². The number of hydrogen-bond acceptors (Lipinski definition) is 3. The summed E-state index contributed by atoms with van der Waals surface area (Å²) in [5.74, 6) is 2.26. The molecule has 1 unspecified atom stereocenters. The van der Waals surface area contributed by atoms with Crippen molar-refractivity contribution in [2.45, 2.75) is 52.5 Å². The highest BCUT2D eigenvalue weighted by atomic mass is 16.5. The number of hydrogen-bond donors (Lipinski definition) is 1. The fourth-order valence-electron chi connectivity index (χ4n) is 3.83. The lowest BCUT2D eigenvalue weighted by Gasteiger charge is -2.38. The fraction of sp³-hybridized carbons (Fsp3) is 0.944. The number of guanidine groups is 1. The molecular weight excluding hydrogens is 288 g/mol. The van der Waals surface area contributed by atoms with Crippen LogP contribution in [0.1, 0.15) is 46.5 Å². The van der Waals surface area contributed by atoms with Crippen molar-refractivity contribution in [3.05, 3.63) is 0 Å². The first-order valence-corrected chi connectivity index (χ1v) is 9.52. The van der Waals surface area contributed by atoms with Gasteiger partial charge in [0, 0.05) is 32.2 Å². The van der Waals surface area contributed by atoms with Gasteiger partial charge in [0.15, 0.2) is 5.96 Å². The molecule has 0 aromatic heterocycles. The maximum atomic E-state index is 6.29. The molecule has 0 bridgehead atoms. The van der Waals surface area contributed by atoms with Gasteiger partial charge < -0.3 is 15.4 Å². The van der Waals surface area contributed by atoms with Crippen LogP contribution in [0.5, 0.6) is 0 Å². The predicted octanol–water partition coefficient (Wildman–Crippen LogP) is 2.17. The Morgan fingerprint density at radius 1 is 1.13 bits per heavy atom. The molecule has 134 valence electrons. The second-order valence-corrected chi connectivity index (χ2v) is 7.16. The van der Waals surface area contributed by atoms with E-state index >= 15 is 0 Å². The lowest BCUT2D eigenvalue weighted by atomic mass is 9.92. The number of likely N-dealkylation sites (tertiary alicyclic amines) is 1. The van der Waals surface area contributed by atoms with Crippen molar-refractivity contribution in [2.75, 3.05) is 45.9 Å². The Hall–Kier alpha value is -0.810. The van der Waals surface area contributed by atoms with E-state index in [4.69, 9.17) is 15.5 Å². The van der Waals surface area contributed by atoms with Crippen LogP contribution in [-0.4, -0.2) is 67.7 Å². The van der Waals surface area contributed by atoms with Gasteiger partial charge in [-0.2, -0.15) is 0 Å². The van der Waals surface area contributed by atoms with E-state index in [9.17, 15) is 0 Å². The first-order valence-electron chi connectivity index (χ1n) is 9.52. The highest BCUT2D eigenvalue weighted by molar-refractivity contribution is 5.78. The third-order valence-electron chi connectivity index (χ3n) is 5.66. The SMILES string of the molecule is CCC(CC)C(CN=C(N)N1CCC(C)CC1)N1CCOCC1. The van der Waals surface area contributed by atoms with Crippen molar-refractivity contribution in [2.24, 2.45) is 22.6 Å². The largest absolute Gasteiger partial charge is 0.379 e. The monoisotopic (exact) mass is 324 g/mol. The van der Waals surface area contributed by atoms with Crippen LogP contribution >= 0.6 is 0 Å². The van der Waals surface area contributed by atoms with Crippen LogP contribution < -0.4 is 5.73 Å². The van der Waals surface area contributed by atoms with Crippen molar-refractivity contribution in [1.29, 1.82) is 0 Å². The van der Waals surface area contributed by atoms with Gasteiger partial charge >= 0.3 is 0 Å². The van der Waals surface area contributed by atoms with Crippen molar-refractivity contribution in [1.82, 2.24) is 9.80 Å². The number of piperidine rings is 1. The van der Waals surface area contributed by atoms with E-state index < -0.39 is 0 Å². The molecule has 0 saturated carbocycles. The van der Waals surface area contributed by atoms with Crippen molar-refractivity contribution >= 4 is 5.96 Å². The lowest BCUT2D eigenvalue weighted by molar-refractivity contribution is 0.00391. The molecule has 0 aromatic carbocycles. The number of aliphatic imine (C=N–C) groups is 1. The fourth-order valence-corrected chi connectivity index (χ4v) is 3.83. The van der Waals surface area contributed by atoms with E-state index in [1.807, 2.05) is 0 Å². The number of morpholine rings is 1. The third kappa shape index (κ3) is 5.35. The molecule has 2 N–H and O–H groups in total. The molecule has 1 atom stereocenters. The molecule has 2 aliphatic rings. The smallest absolute Gasteiger partial charge is 0.191 e. The van der Waals surface area contributed by atoms with Crippen LogP contribution in [0, 0.1) is 11.8 Å². The Labute approximate surface area is 142 Å². The Bertz CT molecular complexity index is 356. The average molecular weight is 325 g/mol. The minimum absolute atomic E-state index is 0.496. The second kappa shape index (κ2) is 9.48. The second-order valence-electron chi connectivity index (χ2n) is 7.16. The molecule has 2 saturated heterocycles. The molecule has 0 spiro atoms. The summed E-state index contributed by atoms with van der Waals surface area (Å²) in [5.41, 5.74) is 6.29. The predicted molar refractivity (Wildman–Crippen MR) is 96.7 cm³/mol. The Kier molecular flexibility index (Phi) is 7.63. The van der Waals surface area contributed by atoms with Crippen LogP contribution in [-0.2, 0) is 4.74 Å². The highest BCUT2D eigenvalue weighted by Gasteiger charge is 2.27. The van der Waals surface area contributed by atoms with Crippen LogP contribution in [0.2, 0.25) is 0 Å². The normalized spacial score (nSPS) is 23.5. The van der Waals surface area contributed by atoms with Gasteiger partial charge in [0.1, 0.15) is 0 Å². The van der Waals surface area contributed by atoms with E-state index in [-0.39, 0.29) is 0 Å². The molecule has 0 amide bonds. The van der Waals surface area contributed by atoms with Crippen molar-refractivity contribution in [3.8, 4) is 0 Å². The van der Waals surface area contributed by atoms with Crippen LogP contribution in [0.25, 0.3) is 0 Å². The number of ether oxygens (including phenoxy) is 1. The summed E-state index contributed by atoms with van der Waals surface area (Å²) in [5, 5.41) is 0. The minimum atomic E-state index is 0.496. The minimum Gasteiger partial charge on any atom is -0.379 e. The Balaban J connectivity index is 1.96. The topological polar surface area (TPSA) is 54.1 Å². The van der Waals surface area contributed by atoms with Gasteiger partial charge in [-0.15, -0.1) is 0 Å². The Morgan fingerprint density at radius 3 is 2.30 bits per heavy atom. The number of nitrogens with zero attached hydrogens (tertiary/aromatic N) is 3. The van der Waals surface area contributed by atoms with Gasteiger partial charge in [-0.3, -0.25) is 9.89 Å². The van der Waals surface area contributed by atoms with Crippen molar-refractivity contribution < 1.29 is 4.74 Å². The summed E-state index contributed by atoms with van der Waals surface area (Å²) in [6, 6.07) is 0.496. The molecule has 5 heteroatoms. The summed E-state index contributed by atoms with van der Waals surface area (Å²) in [7, 11) is 0. The van der Waals surface area contributed by atoms with Crippen LogP contribution in [0.3, 0.4) is 0 Å². The standard InChI is InChI=1S/C18H36N4O/c1-4-16(5-2)17(21-10-12-23-13-11-21)14-20-18(19)22-8-6-15(3)7-9-22/h15-17H,4-14H2,1-3H3,(H2,19,20). The molecule has 0 aliphatic carbocycles. The highest BCUT2D eigenvalue weighted by Crippen LogP contribution is 2.21. The van der Waals surface area contributed by atoms with Gasteiger partial charge in [0.25, 0.3) is 0 Å². The molecule has 0 aromatic rings. The van der Waals surface area contributed by atoms with E-state index in [1.165, 1.54) is 25.7 Å². The van der Waals surface area contributed by atoms with E-state index in [0.29, 0.717) is 12.0 Å². The van der Waals surface area contributed by atoms with Crippen LogP contribution in [0.15, 0.2) is 4.99 Å². The van der Waals surface area contributed by atoms with Gasteiger partial charge in [0.2, 0.25) is 0 Å². The first kappa shape index (κ1) is 18.5. The molecule has 5 nitrogen and oxygen atoms in total. The lowest BCUT2D eigenvalue weighted by Crippen LogP contribution is -2.49. The zero-order valence-corrected chi connectivity index (χ0v) is 15.3. The maximum Gasteiger partial charge on any atom is 0.191 e. The molecule has 2 aliphatic heterocycles. The summed E-state index contributed by atoms with van der Waals surface area (Å²) in [4.78, 5) is 9.64. The molecule has 2 heterocycles. The quantitative estimate of drug-likeness (QED) is 0.601.